The third-order valence-electron chi connectivity index (χ3n) is 4.85. The Kier molecular flexibility index (Phi) is 6.60. The van der Waals surface area contributed by atoms with E-state index in [9.17, 15) is 9.90 Å². The van der Waals surface area contributed by atoms with Gasteiger partial charge < -0.3 is 15.3 Å². The minimum atomic E-state index is -0.782. The number of hydrogen-bond donors (Lipinski definition) is 2. The van der Waals surface area contributed by atoms with E-state index in [0.717, 1.165) is 32.1 Å². The van der Waals surface area contributed by atoms with Crippen molar-refractivity contribution in [2.24, 2.45) is 0 Å². The number of carbonyl (C=O) groups excluding carboxylic acids is 1. The van der Waals surface area contributed by atoms with Crippen molar-refractivity contribution < 1.29 is 9.90 Å². The fourth-order valence-corrected chi connectivity index (χ4v) is 3.30. The number of carbonyl (C=O) groups is 1. The average Bonchev–Trinajstić information content (AvgIpc) is 2.52. The number of hydrogen-bond acceptors (Lipinski definition) is 3. The van der Waals surface area contributed by atoms with Gasteiger partial charge in [-0.3, -0.25) is 4.79 Å². The molecule has 0 aliphatic heterocycles. The molecule has 0 aromatic heterocycles. The fourth-order valence-electron chi connectivity index (χ4n) is 3.30. The Morgan fingerprint density at radius 3 is 2.48 bits per heavy atom. The van der Waals surface area contributed by atoms with Gasteiger partial charge in [-0.2, -0.15) is 0 Å². The van der Waals surface area contributed by atoms with Crippen molar-refractivity contribution in [2.45, 2.75) is 56.6 Å². The maximum absolute atomic E-state index is 12.2. The summed E-state index contributed by atoms with van der Waals surface area (Å²) in [5, 5.41) is 13.5. The molecule has 1 fully saturated rings. The molecule has 0 saturated heterocycles. The minimum absolute atomic E-state index is 0.0330. The molecule has 4 heteroatoms. The molecule has 2 rings (SSSR count). The van der Waals surface area contributed by atoms with E-state index >= 15 is 0 Å². The number of likely N-dealkylation sites (N-methyl/N-ethyl adjacent to an activating group) is 1. The standard InChI is InChI=1S/C19H30N2O2/c1-21(2)17(13-16-9-5-3-6-10-16)15-20-18(22)14-19(23)11-7-4-8-12-19/h3,5-6,9-10,17,23H,4,7-8,11-15H2,1-2H3,(H,20,22). The van der Waals surface area contributed by atoms with Crippen LogP contribution in [0.25, 0.3) is 0 Å². The minimum Gasteiger partial charge on any atom is -0.389 e. The van der Waals surface area contributed by atoms with E-state index in [0.29, 0.717) is 6.54 Å². The highest BCUT2D eigenvalue weighted by molar-refractivity contribution is 5.77. The first kappa shape index (κ1) is 18.0. The molecule has 1 unspecified atom stereocenters. The molecule has 0 radical (unpaired) electrons. The van der Waals surface area contributed by atoms with Crippen molar-refractivity contribution in [1.29, 1.82) is 0 Å². The molecular formula is C19H30N2O2. The number of benzene rings is 1. The highest BCUT2D eigenvalue weighted by Crippen LogP contribution is 2.30. The summed E-state index contributed by atoms with van der Waals surface area (Å²) >= 11 is 0. The summed E-state index contributed by atoms with van der Waals surface area (Å²) in [4.78, 5) is 14.3. The quantitative estimate of drug-likeness (QED) is 0.811. The summed E-state index contributed by atoms with van der Waals surface area (Å²) < 4.78 is 0. The van der Waals surface area contributed by atoms with Gasteiger partial charge in [0.05, 0.1) is 12.0 Å². The zero-order valence-corrected chi connectivity index (χ0v) is 14.4. The maximum atomic E-state index is 12.2. The normalized spacial score (nSPS) is 18.6. The van der Waals surface area contributed by atoms with Gasteiger partial charge >= 0.3 is 0 Å². The summed E-state index contributed by atoms with van der Waals surface area (Å²) in [5.74, 6) is -0.0330. The molecule has 1 aromatic rings. The van der Waals surface area contributed by atoms with Crippen LogP contribution in [-0.4, -0.2) is 48.2 Å². The van der Waals surface area contributed by atoms with Crippen LogP contribution in [-0.2, 0) is 11.2 Å². The molecule has 1 saturated carbocycles. The van der Waals surface area contributed by atoms with Crippen LogP contribution in [0.2, 0.25) is 0 Å². The van der Waals surface area contributed by atoms with E-state index in [4.69, 9.17) is 0 Å². The van der Waals surface area contributed by atoms with Gasteiger partial charge in [0.2, 0.25) is 5.91 Å². The summed E-state index contributed by atoms with van der Waals surface area (Å²) in [6, 6.07) is 10.6. The Bertz CT molecular complexity index is 481. The van der Waals surface area contributed by atoms with Crippen molar-refractivity contribution in [3.05, 3.63) is 35.9 Å². The fraction of sp³-hybridized carbons (Fsp3) is 0.632. The average molecular weight is 318 g/mol. The van der Waals surface area contributed by atoms with Gasteiger partial charge in [-0.15, -0.1) is 0 Å². The molecule has 4 nitrogen and oxygen atoms in total. The van der Waals surface area contributed by atoms with Gasteiger partial charge in [0, 0.05) is 12.6 Å². The van der Waals surface area contributed by atoms with E-state index in [1.54, 1.807) is 0 Å². The van der Waals surface area contributed by atoms with Crippen molar-refractivity contribution in [2.75, 3.05) is 20.6 Å². The second-order valence-electron chi connectivity index (χ2n) is 7.07. The first-order valence-corrected chi connectivity index (χ1v) is 8.68. The lowest BCUT2D eigenvalue weighted by atomic mass is 9.82. The van der Waals surface area contributed by atoms with Crippen molar-refractivity contribution in [3.63, 3.8) is 0 Å². The van der Waals surface area contributed by atoms with E-state index in [1.807, 2.05) is 32.3 Å². The van der Waals surface area contributed by atoms with Crippen LogP contribution in [0.3, 0.4) is 0 Å². The van der Waals surface area contributed by atoms with Crippen LogP contribution < -0.4 is 5.32 Å². The van der Waals surface area contributed by atoms with Gasteiger partial charge in [-0.05, 0) is 38.9 Å². The molecule has 0 heterocycles. The predicted octanol–water partition coefficient (Wildman–Crippen LogP) is 2.36. The van der Waals surface area contributed by atoms with Crippen LogP contribution in [0, 0.1) is 0 Å². The zero-order chi connectivity index (χ0) is 16.7. The molecule has 1 amide bonds. The lowest BCUT2D eigenvalue weighted by Gasteiger charge is -2.32. The summed E-state index contributed by atoms with van der Waals surface area (Å²) in [7, 11) is 4.07. The predicted molar refractivity (Wildman–Crippen MR) is 93.3 cm³/mol. The Morgan fingerprint density at radius 2 is 1.87 bits per heavy atom. The van der Waals surface area contributed by atoms with Gasteiger partial charge in [-0.1, -0.05) is 49.6 Å². The third-order valence-corrected chi connectivity index (χ3v) is 4.85. The zero-order valence-electron chi connectivity index (χ0n) is 14.4. The van der Waals surface area contributed by atoms with Crippen molar-refractivity contribution >= 4 is 5.91 Å². The van der Waals surface area contributed by atoms with Crippen LogP contribution in [0.1, 0.15) is 44.1 Å². The number of aliphatic hydroxyl groups is 1. The van der Waals surface area contributed by atoms with E-state index in [1.165, 1.54) is 12.0 Å². The van der Waals surface area contributed by atoms with Crippen LogP contribution in [0.5, 0.6) is 0 Å². The second-order valence-corrected chi connectivity index (χ2v) is 7.07. The third kappa shape index (κ3) is 5.96. The number of rotatable bonds is 7. The molecule has 0 spiro atoms. The molecule has 1 aliphatic rings. The first-order chi connectivity index (χ1) is 11.0. The topological polar surface area (TPSA) is 52.6 Å². The highest BCUT2D eigenvalue weighted by atomic mass is 16.3. The van der Waals surface area contributed by atoms with Crippen LogP contribution in [0.15, 0.2) is 30.3 Å². The molecule has 1 atom stereocenters. The monoisotopic (exact) mass is 318 g/mol. The van der Waals surface area contributed by atoms with Crippen molar-refractivity contribution in [3.8, 4) is 0 Å². The maximum Gasteiger partial charge on any atom is 0.222 e. The Labute approximate surface area is 139 Å². The molecule has 1 aromatic carbocycles. The lowest BCUT2D eigenvalue weighted by Crippen LogP contribution is -2.44. The summed E-state index contributed by atoms with van der Waals surface area (Å²) in [5.41, 5.74) is 0.487. The molecule has 1 aliphatic carbocycles. The lowest BCUT2D eigenvalue weighted by molar-refractivity contribution is -0.127. The van der Waals surface area contributed by atoms with E-state index in [2.05, 4.69) is 22.3 Å². The summed E-state index contributed by atoms with van der Waals surface area (Å²) in [6.45, 7) is 0.608. The van der Waals surface area contributed by atoms with Crippen molar-refractivity contribution in [1.82, 2.24) is 10.2 Å². The van der Waals surface area contributed by atoms with Gasteiger partial charge in [-0.25, -0.2) is 0 Å². The van der Waals surface area contributed by atoms with Gasteiger partial charge in [0.15, 0.2) is 0 Å². The molecule has 128 valence electrons. The largest absolute Gasteiger partial charge is 0.389 e. The van der Waals surface area contributed by atoms with Gasteiger partial charge in [0.25, 0.3) is 0 Å². The molecule has 23 heavy (non-hydrogen) atoms. The number of nitrogens with one attached hydrogen (secondary N) is 1. The molecule has 2 N–H and O–H groups in total. The molecular weight excluding hydrogens is 288 g/mol. The number of nitrogens with zero attached hydrogens (tertiary/aromatic N) is 1. The smallest absolute Gasteiger partial charge is 0.222 e. The first-order valence-electron chi connectivity index (χ1n) is 8.68. The van der Waals surface area contributed by atoms with Crippen LogP contribution >= 0.6 is 0 Å². The molecule has 0 bridgehead atoms. The van der Waals surface area contributed by atoms with E-state index < -0.39 is 5.60 Å². The Hall–Kier alpha value is -1.39. The highest BCUT2D eigenvalue weighted by Gasteiger charge is 2.31. The number of amides is 1. The Balaban J connectivity index is 1.82. The SMILES string of the molecule is CN(C)C(CNC(=O)CC1(O)CCCCC1)Cc1ccccc1. The second kappa shape index (κ2) is 8.46. The van der Waals surface area contributed by atoms with E-state index in [-0.39, 0.29) is 18.4 Å². The Morgan fingerprint density at radius 1 is 1.22 bits per heavy atom. The summed E-state index contributed by atoms with van der Waals surface area (Å²) in [6.07, 6.45) is 5.86. The van der Waals surface area contributed by atoms with Gasteiger partial charge in [0.1, 0.15) is 0 Å². The van der Waals surface area contributed by atoms with Crippen LogP contribution in [0.4, 0.5) is 0 Å².